The number of amides is 2. The van der Waals surface area contributed by atoms with Gasteiger partial charge in [-0.25, -0.2) is 0 Å². The Balaban J connectivity index is 1.33. The summed E-state index contributed by atoms with van der Waals surface area (Å²) in [5.74, 6) is -0.142. The number of aryl methyl sites for hydroxylation is 1. The zero-order valence-corrected chi connectivity index (χ0v) is 24.0. The summed E-state index contributed by atoms with van der Waals surface area (Å²) in [4.78, 5) is 41.1. The minimum Gasteiger partial charge on any atom is -0.444 e. The third-order valence-electron chi connectivity index (χ3n) is 7.57. The average molecular weight is 622 g/mol. The molecule has 10 heteroatoms. The molecule has 4 heterocycles. The molecule has 2 amide bonds. The standard InChI is InChI=1S/C30H26BrClN4O4/c1-17-5-7-21(32)13-22(17)33-29(38)19-6-8-25(23(12-19)34-30(39)26-9-10-27(31)40-26)35-14-18-11-20(16-35)24-3-2-4-28(37)36(24)15-18/h2-10,12-13,18,20H,11,14-16H2,1H3,(H,33,38)(H,34,39)/t18-,20+/m1/s1. The van der Waals surface area contributed by atoms with Crippen molar-refractivity contribution in [2.45, 2.75) is 25.8 Å². The maximum absolute atomic E-state index is 13.3. The van der Waals surface area contributed by atoms with E-state index < -0.39 is 5.91 Å². The average Bonchev–Trinajstić information content (AvgIpc) is 3.37. The molecular formula is C30H26BrClN4O4. The first-order valence-corrected chi connectivity index (χ1v) is 14.1. The van der Waals surface area contributed by atoms with Crippen LogP contribution in [-0.4, -0.2) is 29.5 Å². The molecule has 4 aromatic rings. The van der Waals surface area contributed by atoms with E-state index in [-0.39, 0.29) is 29.1 Å². The SMILES string of the molecule is Cc1ccc(Cl)cc1NC(=O)c1ccc(N2C[C@H]3C[C@@H](C2)c2cccc(=O)n2C3)c(NC(=O)c2ccc(Br)o2)c1. The van der Waals surface area contributed by atoms with Crippen LogP contribution in [0.5, 0.6) is 0 Å². The van der Waals surface area contributed by atoms with E-state index in [0.717, 1.165) is 29.9 Å². The number of pyridine rings is 1. The third-order valence-corrected chi connectivity index (χ3v) is 8.23. The fourth-order valence-electron chi connectivity index (χ4n) is 5.69. The molecule has 0 unspecified atom stereocenters. The minimum absolute atomic E-state index is 0.0310. The summed E-state index contributed by atoms with van der Waals surface area (Å²) in [5, 5.41) is 6.40. The molecule has 2 N–H and O–H groups in total. The number of halogens is 2. The Kier molecular flexibility index (Phi) is 7.02. The third kappa shape index (κ3) is 5.19. The van der Waals surface area contributed by atoms with Crippen LogP contribution in [0.1, 0.15) is 44.5 Å². The van der Waals surface area contributed by atoms with Crippen LogP contribution in [0.4, 0.5) is 17.1 Å². The Bertz CT molecular complexity index is 1700. The second-order valence-electron chi connectivity index (χ2n) is 10.3. The van der Waals surface area contributed by atoms with Crippen molar-refractivity contribution in [2.75, 3.05) is 28.6 Å². The summed E-state index contributed by atoms with van der Waals surface area (Å²) < 4.78 is 7.79. The van der Waals surface area contributed by atoms with Crippen LogP contribution in [0.15, 0.2) is 80.6 Å². The fraction of sp³-hybridized carbons (Fsp3) is 0.233. The van der Waals surface area contributed by atoms with Crippen molar-refractivity contribution in [3.8, 4) is 0 Å². The largest absolute Gasteiger partial charge is 0.444 e. The molecule has 0 saturated carbocycles. The van der Waals surface area contributed by atoms with Gasteiger partial charge in [0, 0.05) is 53.6 Å². The normalized spacial score (nSPS) is 17.7. The molecule has 2 bridgehead atoms. The number of nitrogens with zero attached hydrogens (tertiary/aromatic N) is 2. The van der Waals surface area contributed by atoms with Crippen LogP contribution in [0, 0.1) is 12.8 Å². The number of carbonyl (C=O) groups excluding carboxylic acids is 2. The summed E-state index contributed by atoms with van der Waals surface area (Å²) in [7, 11) is 0. The van der Waals surface area contributed by atoms with Gasteiger partial charge in [-0.05, 0) is 89.3 Å². The Hall–Kier alpha value is -3.82. The Morgan fingerprint density at radius 3 is 2.58 bits per heavy atom. The number of hydrogen-bond acceptors (Lipinski definition) is 5. The number of piperidine rings is 1. The maximum Gasteiger partial charge on any atom is 0.291 e. The van der Waals surface area contributed by atoms with E-state index in [1.165, 1.54) is 0 Å². The lowest BCUT2D eigenvalue weighted by Crippen LogP contribution is -2.47. The summed E-state index contributed by atoms with van der Waals surface area (Å²) in [6, 6.07) is 19.3. The van der Waals surface area contributed by atoms with Gasteiger partial charge in [-0.2, -0.15) is 0 Å². The molecule has 2 aliphatic heterocycles. The second kappa shape index (κ2) is 10.6. The van der Waals surface area contributed by atoms with E-state index in [2.05, 4.69) is 31.5 Å². The molecule has 1 fully saturated rings. The van der Waals surface area contributed by atoms with Gasteiger partial charge in [0.1, 0.15) is 0 Å². The molecule has 2 aliphatic rings. The van der Waals surface area contributed by atoms with Crippen molar-refractivity contribution in [3.63, 3.8) is 0 Å². The number of anilines is 3. The molecule has 0 spiro atoms. The van der Waals surface area contributed by atoms with E-state index in [9.17, 15) is 14.4 Å². The highest BCUT2D eigenvalue weighted by Gasteiger charge is 2.35. The molecule has 0 aliphatic carbocycles. The lowest BCUT2D eigenvalue weighted by atomic mass is 9.83. The van der Waals surface area contributed by atoms with Crippen molar-refractivity contribution >= 4 is 56.4 Å². The molecule has 2 atom stereocenters. The van der Waals surface area contributed by atoms with E-state index in [1.807, 2.05) is 35.8 Å². The quantitative estimate of drug-likeness (QED) is 0.273. The molecule has 204 valence electrons. The lowest BCUT2D eigenvalue weighted by Gasteiger charge is -2.44. The van der Waals surface area contributed by atoms with Crippen LogP contribution >= 0.6 is 27.5 Å². The van der Waals surface area contributed by atoms with Crippen molar-refractivity contribution in [3.05, 3.63) is 109 Å². The van der Waals surface area contributed by atoms with Gasteiger partial charge in [0.05, 0.1) is 11.4 Å². The van der Waals surface area contributed by atoms with E-state index in [4.69, 9.17) is 16.0 Å². The number of nitrogens with one attached hydrogen (secondary N) is 2. The molecule has 6 rings (SSSR count). The zero-order chi connectivity index (χ0) is 28.0. The Labute approximate surface area is 244 Å². The molecule has 0 radical (unpaired) electrons. The first kappa shape index (κ1) is 26.4. The molecule has 1 saturated heterocycles. The number of furan rings is 1. The maximum atomic E-state index is 13.3. The molecular weight excluding hydrogens is 596 g/mol. The topological polar surface area (TPSA) is 96.6 Å². The summed E-state index contributed by atoms with van der Waals surface area (Å²) in [5.41, 5.74) is 4.24. The van der Waals surface area contributed by atoms with Gasteiger partial charge < -0.3 is 24.5 Å². The number of benzene rings is 2. The second-order valence-corrected chi connectivity index (χ2v) is 11.5. The van der Waals surface area contributed by atoms with Crippen LogP contribution < -0.4 is 21.1 Å². The van der Waals surface area contributed by atoms with Crippen LogP contribution in [0.25, 0.3) is 0 Å². The first-order valence-electron chi connectivity index (χ1n) is 13.0. The summed E-state index contributed by atoms with van der Waals surface area (Å²) >= 11 is 9.38. The van der Waals surface area contributed by atoms with Crippen LogP contribution in [0.2, 0.25) is 5.02 Å². The van der Waals surface area contributed by atoms with Crippen LogP contribution in [-0.2, 0) is 6.54 Å². The molecule has 2 aromatic carbocycles. The molecule has 2 aromatic heterocycles. The Morgan fingerprint density at radius 2 is 1.77 bits per heavy atom. The smallest absolute Gasteiger partial charge is 0.291 e. The minimum atomic E-state index is -0.427. The van der Waals surface area contributed by atoms with Crippen molar-refractivity contribution in [1.82, 2.24) is 4.57 Å². The van der Waals surface area contributed by atoms with E-state index >= 15 is 0 Å². The van der Waals surface area contributed by atoms with Gasteiger partial charge in [0.15, 0.2) is 10.4 Å². The first-order chi connectivity index (χ1) is 19.2. The number of fused-ring (bicyclic) bond motifs is 4. The van der Waals surface area contributed by atoms with Crippen LogP contribution in [0.3, 0.4) is 0 Å². The fourth-order valence-corrected chi connectivity index (χ4v) is 6.17. The van der Waals surface area contributed by atoms with Crippen molar-refractivity contribution in [1.29, 1.82) is 0 Å². The van der Waals surface area contributed by atoms with Crippen molar-refractivity contribution in [2.24, 2.45) is 5.92 Å². The summed E-state index contributed by atoms with van der Waals surface area (Å²) in [6.45, 7) is 3.95. The number of aromatic nitrogens is 1. The van der Waals surface area contributed by atoms with Gasteiger partial charge in [-0.15, -0.1) is 0 Å². The highest BCUT2D eigenvalue weighted by molar-refractivity contribution is 9.10. The highest BCUT2D eigenvalue weighted by Crippen LogP contribution is 2.39. The van der Waals surface area contributed by atoms with Gasteiger partial charge in [-0.1, -0.05) is 23.7 Å². The van der Waals surface area contributed by atoms with Crippen molar-refractivity contribution < 1.29 is 14.0 Å². The lowest BCUT2D eigenvalue weighted by molar-refractivity contribution is 0.0992. The van der Waals surface area contributed by atoms with Gasteiger partial charge in [0.25, 0.3) is 17.4 Å². The predicted octanol–water partition coefficient (Wildman–Crippen LogP) is 6.29. The van der Waals surface area contributed by atoms with E-state index in [0.29, 0.717) is 39.7 Å². The summed E-state index contributed by atoms with van der Waals surface area (Å²) in [6.07, 6.45) is 1.00. The highest BCUT2D eigenvalue weighted by atomic mass is 79.9. The van der Waals surface area contributed by atoms with Gasteiger partial charge >= 0.3 is 0 Å². The predicted molar refractivity (Wildman–Crippen MR) is 159 cm³/mol. The molecule has 40 heavy (non-hydrogen) atoms. The number of rotatable bonds is 5. The monoisotopic (exact) mass is 620 g/mol. The van der Waals surface area contributed by atoms with E-state index in [1.54, 1.807) is 42.5 Å². The van der Waals surface area contributed by atoms with Gasteiger partial charge in [0.2, 0.25) is 0 Å². The number of carbonyl (C=O) groups is 2. The Morgan fingerprint density at radius 1 is 0.950 bits per heavy atom. The molecule has 8 nitrogen and oxygen atoms in total. The number of hydrogen-bond donors (Lipinski definition) is 2. The van der Waals surface area contributed by atoms with Gasteiger partial charge in [-0.3, -0.25) is 14.4 Å². The zero-order valence-electron chi connectivity index (χ0n) is 21.6.